The molecule has 1 saturated carbocycles. The summed E-state index contributed by atoms with van der Waals surface area (Å²) in [5.74, 6) is 0.354. The summed E-state index contributed by atoms with van der Waals surface area (Å²) in [7, 11) is 0. The molecule has 0 spiro atoms. The lowest BCUT2D eigenvalue weighted by molar-refractivity contribution is 0.0962. The van der Waals surface area contributed by atoms with E-state index in [0.717, 1.165) is 18.4 Å². The number of carbonyl (C=O) groups is 1. The number of carbonyl (C=O) groups excluding carboxylic acids is 1. The molecule has 1 fully saturated rings. The lowest BCUT2D eigenvalue weighted by atomic mass is 10.2. The third-order valence-corrected chi connectivity index (χ3v) is 3.00. The van der Waals surface area contributed by atoms with Gasteiger partial charge in [0.1, 0.15) is 6.07 Å². The Hall–Kier alpha value is -2.08. The molecule has 78 valence electrons. The first-order valence-corrected chi connectivity index (χ1v) is 5.35. The van der Waals surface area contributed by atoms with E-state index < -0.39 is 0 Å². The molecule has 3 rings (SSSR count). The first-order valence-electron chi connectivity index (χ1n) is 5.35. The summed E-state index contributed by atoms with van der Waals surface area (Å²) < 4.78 is 1.82. The number of hydrogen-bond donors (Lipinski definition) is 0. The standard InChI is InChI=1S/C13H10N2O/c14-8-10-7-12(13(16)9-4-5-9)15-6-2-1-3-11(10)15/h1-3,6-7,9H,4-5H2. The summed E-state index contributed by atoms with van der Waals surface area (Å²) >= 11 is 0. The fraction of sp³-hybridized carbons (Fsp3) is 0.231. The van der Waals surface area contributed by atoms with Gasteiger partial charge in [0.25, 0.3) is 0 Å². The van der Waals surface area contributed by atoms with Gasteiger partial charge in [-0.05, 0) is 31.0 Å². The van der Waals surface area contributed by atoms with Gasteiger partial charge >= 0.3 is 0 Å². The van der Waals surface area contributed by atoms with Crippen molar-refractivity contribution in [3.05, 3.63) is 41.7 Å². The molecule has 0 atom stereocenters. The lowest BCUT2D eigenvalue weighted by Crippen LogP contribution is -2.04. The minimum atomic E-state index is 0.169. The predicted molar refractivity (Wildman–Crippen MR) is 59.2 cm³/mol. The van der Waals surface area contributed by atoms with Crippen LogP contribution in [0.5, 0.6) is 0 Å². The van der Waals surface area contributed by atoms with Crippen molar-refractivity contribution in [2.45, 2.75) is 12.8 Å². The van der Waals surface area contributed by atoms with E-state index in [0.29, 0.717) is 11.3 Å². The topological polar surface area (TPSA) is 45.3 Å². The zero-order chi connectivity index (χ0) is 11.1. The van der Waals surface area contributed by atoms with Crippen molar-refractivity contribution in [2.24, 2.45) is 5.92 Å². The zero-order valence-corrected chi connectivity index (χ0v) is 8.68. The maximum absolute atomic E-state index is 12.0. The van der Waals surface area contributed by atoms with Gasteiger partial charge in [0, 0.05) is 12.1 Å². The number of fused-ring (bicyclic) bond motifs is 1. The van der Waals surface area contributed by atoms with Crippen molar-refractivity contribution in [1.29, 1.82) is 5.26 Å². The minimum Gasteiger partial charge on any atom is -0.313 e. The fourth-order valence-electron chi connectivity index (χ4n) is 1.99. The van der Waals surface area contributed by atoms with Gasteiger partial charge in [-0.15, -0.1) is 0 Å². The SMILES string of the molecule is N#Cc1cc(C(=O)C2CC2)n2ccccc12. The number of hydrogen-bond acceptors (Lipinski definition) is 2. The summed E-state index contributed by atoms with van der Waals surface area (Å²) in [5, 5.41) is 9.01. The van der Waals surface area contributed by atoms with Gasteiger partial charge in [0.05, 0.1) is 16.8 Å². The van der Waals surface area contributed by atoms with E-state index in [4.69, 9.17) is 5.26 Å². The molecule has 0 bridgehead atoms. The van der Waals surface area contributed by atoms with E-state index in [9.17, 15) is 4.79 Å². The van der Waals surface area contributed by atoms with Crippen LogP contribution in [0.15, 0.2) is 30.5 Å². The predicted octanol–water partition coefficient (Wildman–Crippen LogP) is 2.40. The summed E-state index contributed by atoms with van der Waals surface area (Å²) in [5.41, 5.74) is 2.04. The van der Waals surface area contributed by atoms with Crippen LogP contribution in [0.1, 0.15) is 28.9 Å². The number of aromatic nitrogens is 1. The van der Waals surface area contributed by atoms with E-state index in [1.807, 2.05) is 28.8 Å². The van der Waals surface area contributed by atoms with E-state index in [2.05, 4.69) is 6.07 Å². The number of pyridine rings is 1. The Morgan fingerprint density at radius 2 is 2.25 bits per heavy atom. The van der Waals surface area contributed by atoms with Gasteiger partial charge in [-0.25, -0.2) is 0 Å². The Morgan fingerprint density at radius 3 is 2.94 bits per heavy atom. The second kappa shape index (κ2) is 3.21. The molecule has 16 heavy (non-hydrogen) atoms. The van der Waals surface area contributed by atoms with Gasteiger partial charge in [-0.2, -0.15) is 5.26 Å². The molecule has 3 heteroatoms. The Labute approximate surface area is 92.9 Å². The molecule has 0 unspecified atom stereocenters. The second-order valence-electron chi connectivity index (χ2n) is 4.15. The normalized spacial score (nSPS) is 14.9. The van der Waals surface area contributed by atoms with Gasteiger partial charge < -0.3 is 4.40 Å². The molecular weight excluding hydrogens is 200 g/mol. The average molecular weight is 210 g/mol. The highest BCUT2D eigenvalue weighted by atomic mass is 16.1. The summed E-state index contributed by atoms with van der Waals surface area (Å²) in [6.45, 7) is 0. The van der Waals surface area contributed by atoms with Gasteiger partial charge in [-0.3, -0.25) is 4.79 Å². The van der Waals surface area contributed by atoms with E-state index in [1.165, 1.54) is 0 Å². The Balaban J connectivity index is 2.25. The van der Waals surface area contributed by atoms with Crippen LogP contribution in [0, 0.1) is 17.2 Å². The number of nitriles is 1. The number of ketones is 1. The fourth-order valence-corrected chi connectivity index (χ4v) is 1.99. The van der Waals surface area contributed by atoms with Crippen LogP contribution in [-0.4, -0.2) is 10.2 Å². The van der Waals surface area contributed by atoms with Crippen molar-refractivity contribution < 1.29 is 4.79 Å². The van der Waals surface area contributed by atoms with Crippen LogP contribution in [0.25, 0.3) is 5.52 Å². The highest BCUT2D eigenvalue weighted by molar-refractivity contribution is 5.99. The van der Waals surface area contributed by atoms with E-state index in [-0.39, 0.29) is 11.7 Å². The molecule has 1 aliphatic carbocycles. The Bertz CT molecular complexity index is 614. The van der Waals surface area contributed by atoms with Gasteiger partial charge in [0.2, 0.25) is 0 Å². The molecular formula is C13H10N2O. The third kappa shape index (κ3) is 1.24. The average Bonchev–Trinajstić information content (AvgIpc) is 3.09. The van der Waals surface area contributed by atoms with Crippen molar-refractivity contribution in [2.75, 3.05) is 0 Å². The molecule has 0 N–H and O–H groups in total. The first kappa shape index (κ1) is 9.17. The summed E-state index contributed by atoms with van der Waals surface area (Å²) in [6.07, 6.45) is 3.81. The molecule has 2 aromatic heterocycles. The Kier molecular flexibility index (Phi) is 1.84. The number of Topliss-reactive ketones (excluding diaryl/α,β-unsaturated/α-hetero) is 1. The smallest absolute Gasteiger partial charge is 0.182 e. The van der Waals surface area contributed by atoms with Crippen LogP contribution in [0.4, 0.5) is 0 Å². The van der Waals surface area contributed by atoms with Crippen LogP contribution in [0.3, 0.4) is 0 Å². The largest absolute Gasteiger partial charge is 0.313 e. The van der Waals surface area contributed by atoms with Crippen LogP contribution in [0.2, 0.25) is 0 Å². The summed E-state index contributed by atoms with van der Waals surface area (Å²) in [6, 6.07) is 9.45. The number of nitrogens with zero attached hydrogens (tertiary/aromatic N) is 2. The Morgan fingerprint density at radius 1 is 1.44 bits per heavy atom. The van der Waals surface area contributed by atoms with Crippen LogP contribution >= 0.6 is 0 Å². The highest BCUT2D eigenvalue weighted by Crippen LogP contribution is 2.33. The van der Waals surface area contributed by atoms with Gasteiger partial charge in [-0.1, -0.05) is 6.07 Å². The molecule has 2 aromatic rings. The highest BCUT2D eigenvalue weighted by Gasteiger charge is 2.32. The maximum Gasteiger partial charge on any atom is 0.182 e. The second-order valence-corrected chi connectivity index (χ2v) is 4.15. The first-order chi connectivity index (χ1) is 7.81. The van der Waals surface area contributed by atoms with Crippen molar-refractivity contribution in [1.82, 2.24) is 4.40 Å². The third-order valence-electron chi connectivity index (χ3n) is 3.00. The van der Waals surface area contributed by atoms with Crippen LogP contribution < -0.4 is 0 Å². The van der Waals surface area contributed by atoms with E-state index >= 15 is 0 Å². The molecule has 2 heterocycles. The van der Waals surface area contributed by atoms with Crippen molar-refractivity contribution in [3.63, 3.8) is 0 Å². The maximum atomic E-state index is 12.0. The molecule has 3 nitrogen and oxygen atoms in total. The molecule has 1 aliphatic rings. The van der Waals surface area contributed by atoms with Crippen molar-refractivity contribution in [3.8, 4) is 6.07 Å². The van der Waals surface area contributed by atoms with Gasteiger partial charge in [0.15, 0.2) is 5.78 Å². The quantitative estimate of drug-likeness (QED) is 0.714. The molecule has 0 saturated heterocycles. The lowest BCUT2D eigenvalue weighted by Gasteiger charge is -1.99. The summed E-state index contributed by atoms with van der Waals surface area (Å²) in [4.78, 5) is 12.0. The zero-order valence-electron chi connectivity index (χ0n) is 8.68. The number of rotatable bonds is 2. The monoisotopic (exact) mass is 210 g/mol. The minimum absolute atomic E-state index is 0.169. The molecule has 0 aromatic carbocycles. The molecule has 0 amide bonds. The molecule has 0 aliphatic heterocycles. The van der Waals surface area contributed by atoms with E-state index in [1.54, 1.807) is 6.07 Å². The van der Waals surface area contributed by atoms with Crippen LogP contribution in [-0.2, 0) is 0 Å². The molecule has 0 radical (unpaired) electrons. The van der Waals surface area contributed by atoms with Crippen molar-refractivity contribution >= 4 is 11.3 Å².